The minimum Gasteiger partial charge on any atom is -0.397 e. The molecular formula is C13H20N4O. The number of carbonyl (C=O) groups excluding carboxylic acids is 1. The highest BCUT2D eigenvalue weighted by Gasteiger charge is 2.16. The SMILES string of the molecule is CN(C)CCNc1cc2c(cc1N)NC(=O)CC2. The van der Waals surface area contributed by atoms with Gasteiger partial charge in [-0.3, -0.25) is 4.79 Å². The molecule has 0 unspecified atom stereocenters. The maximum atomic E-state index is 11.3. The van der Waals surface area contributed by atoms with E-state index >= 15 is 0 Å². The number of nitrogens with one attached hydrogen (secondary N) is 2. The molecule has 98 valence electrons. The van der Waals surface area contributed by atoms with Crippen LogP contribution in [0.15, 0.2) is 12.1 Å². The van der Waals surface area contributed by atoms with E-state index in [2.05, 4.69) is 15.5 Å². The van der Waals surface area contributed by atoms with Crippen molar-refractivity contribution in [3.8, 4) is 0 Å². The molecule has 2 rings (SSSR count). The van der Waals surface area contributed by atoms with E-state index in [9.17, 15) is 4.79 Å². The van der Waals surface area contributed by atoms with Crippen LogP contribution in [0.2, 0.25) is 0 Å². The Morgan fingerprint density at radius 3 is 2.89 bits per heavy atom. The van der Waals surface area contributed by atoms with Gasteiger partial charge in [0.25, 0.3) is 0 Å². The van der Waals surface area contributed by atoms with Crippen molar-refractivity contribution >= 4 is 23.0 Å². The van der Waals surface area contributed by atoms with Crippen molar-refractivity contribution in [3.63, 3.8) is 0 Å². The minimum atomic E-state index is 0.0650. The number of amides is 1. The molecule has 0 radical (unpaired) electrons. The van der Waals surface area contributed by atoms with Gasteiger partial charge in [-0.25, -0.2) is 0 Å². The second-order valence-corrected chi connectivity index (χ2v) is 4.87. The number of carbonyl (C=O) groups is 1. The Hall–Kier alpha value is -1.75. The van der Waals surface area contributed by atoms with Crippen molar-refractivity contribution in [3.05, 3.63) is 17.7 Å². The third kappa shape index (κ3) is 2.92. The second kappa shape index (κ2) is 5.27. The topological polar surface area (TPSA) is 70.4 Å². The van der Waals surface area contributed by atoms with E-state index in [0.717, 1.165) is 36.4 Å². The lowest BCUT2D eigenvalue weighted by Gasteiger charge is -2.20. The van der Waals surface area contributed by atoms with E-state index in [0.29, 0.717) is 12.1 Å². The summed E-state index contributed by atoms with van der Waals surface area (Å²) in [6.45, 7) is 1.80. The highest BCUT2D eigenvalue weighted by Crippen LogP contribution is 2.30. The van der Waals surface area contributed by atoms with E-state index in [-0.39, 0.29) is 5.91 Å². The summed E-state index contributed by atoms with van der Waals surface area (Å²) in [5.74, 6) is 0.0650. The number of benzene rings is 1. The van der Waals surface area contributed by atoms with E-state index in [1.807, 2.05) is 26.2 Å². The molecule has 0 fully saturated rings. The molecule has 0 saturated heterocycles. The number of likely N-dealkylation sites (N-methyl/N-ethyl adjacent to an activating group) is 1. The molecule has 0 saturated carbocycles. The first-order valence-electron chi connectivity index (χ1n) is 6.17. The number of hydrogen-bond acceptors (Lipinski definition) is 4. The molecule has 18 heavy (non-hydrogen) atoms. The Bertz CT molecular complexity index is 457. The van der Waals surface area contributed by atoms with E-state index in [4.69, 9.17) is 5.73 Å². The lowest BCUT2D eigenvalue weighted by Crippen LogP contribution is -2.22. The monoisotopic (exact) mass is 248 g/mol. The summed E-state index contributed by atoms with van der Waals surface area (Å²) in [7, 11) is 4.07. The summed E-state index contributed by atoms with van der Waals surface area (Å²) in [4.78, 5) is 13.4. The van der Waals surface area contributed by atoms with Crippen LogP contribution in [0.3, 0.4) is 0 Å². The largest absolute Gasteiger partial charge is 0.397 e. The molecule has 1 aromatic rings. The molecule has 1 heterocycles. The van der Waals surface area contributed by atoms with Crippen LogP contribution >= 0.6 is 0 Å². The molecule has 1 aliphatic heterocycles. The number of nitrogens with zero attached hydrogens (tertiary/aromatic N) is 1. The van der Waals surface area contributed by atoms with Crippen LogP contribution < -0.4 is 16.4 Å². The van der Waals surface area contributed by atoms with Gasteiger partial charge in [0.2, 0.25) is 5.91 Å². The van der Waals surface area contributed by atoms with Gasteiger partial charge in [-0.05, 0) is 38.2 Å². The van der Waals surface area contributed by atoms with Gasteiger partial charge in [-0.15, -0.1) is 0 Å². The molecule has 4 N–H and O–H groups in total. The Balaban J connectivity index is 2.10. The molecule has 1 aromatic carbocycles. The summed E-state index contributed by atoms with van der Waals surface area (Å²) in [6.07, 6.45) is 1.33. The standard InChI is InChI=1S/C13H20N4O/c1-17(2)6-5-15-12-7-9-3-4-13(18)16-11(9)8-10(12)14/h7-8,15H,3-6,14H2,1-2H3,(H,16,18). The van der Waals surface area contributed by atoms with Crippen LogP contribution in [-0.2, 0) is 11.2 Å². The quantitative estimate of drug-likeness (QED) is 0.699. The first kappa shape index (κ1) is 12.7. The summed E-state index contributed by atoms with van der Waals surface area (Å²) in [6, 6.07) is 3.88. The molecule has 1 aliphatic rings. The average Bonchev–Trinajstić information content (AvgIpc) is 2.29. The number of nitrogens with two attached hydrogens (primary N) is 1. The zero-order valence-corrected chi connectivity index (χ0v) is 10.9. The highest BCUT2D eigenvalue weighted by atomic mass is 16.1. The number of nitrogen functional groups attached to an aromatic ring is 1. The van der Waals surface area contributed by atoms with Gasteiger partial charge < -0.3 is 21.3 Å². The van der Waals surface area contributed by atoms with E-state index in [1.54, 1.807) is 0 Å². The van der Waals surface area contributed by atoms with Crippen molar-refractivity contribution in [2.75, 3.05) is 43.6 Å². The van der Waals surface area contributed by atoms with Gasteiger partial charge in [0.05, 0.1) is 11.4 Å². The van der Waals surface area contributed by atoms with Crippen molar-refractivity contribution in [1.82, 2.24) is 4.90 Å². The number of fused-ring (bicyclic) bond motifs is 1. The molecule has 5 nitrogen and oxygen atoms in total. The van der Waals surface area contributed by atoms with Crippen molar-refractivity contribution < 1.29 is 4.79 Å². The summed E-state index contributed by atoms with van der Waals surface area (Å²) in [5, 5.41) is 6.17. The van der Waals surface area contributed by atoms with Crippen LogP contribution in [0.4, 0.5) is 17.1 Å². The first-order valence-corrected chi connectivity index (χ1v) is 6.17. The predicted molar refractivity (Wildman–Crippen MR) is 74.8 cm³/mol. The first-order chi connectivity index (χ1) is 8.56. The molecule has 0 spiro atoms. The van der Waals surface area contributed by atoms with Crippen molar-refractivity contribution in [2.45, 2.75) is 12.8 Å². The minimum absolute atomic E-state index is 0.0650. The average molecular weight is 248 g/mol. The van der Waals surface area contributed by atoms with Gasteiger partial charge in [0.1, 0.15) is 0 Å². The zero-order valence-electron chi connectivity index (χ0n) is 10.9. The Morgan fingerprint density at radius 1 is 1.39 bits per heavy atom. The number of aryl methyl sites for hydroxylation is 1. The molecule has 0 atom stereocenters. The fraction of sp³-hybridized carbons (Fsp3) is 0.462. The number of rotatable bonds is 4. The summed E-state index contributed by atoms with van der Waals surface area (Å²) in [5.41, 5.74) is 9.60. The molecule has 0 bridgehead atoms. The molecule has 5 heteroatoms. The third-order valence-electron chi connectivity index (χ3n) is 3.05. The molecule has 1 amide bonds. The van der Waals surface area contributed by atoms with Crippen LogP contribution in [-0.4, -0.2) is 38.0 Å². The third-order valence-corrected chi connectivity index (χ3v) is 3.05. The Morgan fingerprint density at radius 2 is 2.17 bits per heavy atom. The smallest absolute Gasteiger partial charge is 0.224 e. The van der Waals surface area contributed by atoms with Gasteiger partial charge in [-0.2, -0.15) is 0 Å². The van der Waals surface area contributed by atoms with Crippen LogP contribution in [0.1, 0.15) is 12.0 Å². The second-order valence-electron chi connectivity index (χ2n) is 4.87. The predicted octanol–water partition coefficient (Wildman–Crippen LogP) is 1.13. The number of anilines is 3. The lowest BCUT2D eigenvalue weighted by atomic mass is 10.0. The maximum absolute atomic E-state index is 11.3. The maximum Gasteiger partial charge on any atom is 0.224 e. The van der Waals surface area contributed by atoms with E-state index in [1.165, 1.54) is 0 Å². The van der Waals surface area contributed by atoms with Crippen LogP contribution in [0, 0.1) is 0 Å². The van der Waals surface area contributed by atoms with Gasteiger partial charge in [-0.1, -0.05) is 0 Å². The van der Waals surface area contributed by atoms with Crippen molar-refractivity contribution in [2.24, 2.45) is 0 Å². The van der Waals surface area contributed by atoms with Gasteiger partial charge >= 0.3 is 0 Å². The van der Waals surface area contributed by atoms with E-state index < -0.39 is 0 Å². The molecule has 0 aliphatic carbocycles. The molecule has 0 aromatic heterocycles. The summed E-state index contributed by atoms with van der Waals surface area (Å²) < 4.78 is 0. The Kier molecular flexibility index (Phi) is 3.72. The van der Waals surface area contributed by atoms with Crippen LogP contribution in [0.5, 0.6) is 0 Å². The highest BCUT2D eigenvalue weighted by molar-refractivity contribution is 5.95. The summed E-state index contributed by atoms with van der Waals surface area (Å²) >= 11 is 0. The van der Waals surface area contributed by atoms with Crippen molar-refractivity contribution in [1.29, 1.82) is 0 Å². The normalized spacial score (nSPS) is 14.3. The Labute approximate surface area is 107 Å². The zero-order chi connectivity index (χ0) is 13.1. The number of hydrogen-bond donors (Lipinski definition) is 3. The van der Waals surface area contributed by atoms with Crippen LogP contribution in [0.25, 0.3) is 0 Å². The molecular weight excluding hydrogens is 228 g/mol. The fourth-order valence-corrected chi connectivity index (χ4v) is 2.01. The van der Waals surface area contributed by atoms with Gasteiger partial charge in [0, 0.05) is 25.2 Å². The fourth-order valence-electron chi connectivity index (χ4n) is 2.01. The lowest BCUT2D eigenvalue weighted by molar-refractivity contribution is -0.116. The van der Waals surface area contributed by atoms with Gasteiger partial charge in [0.15, 0.2) is 0 Å².